The lowest BCUT2D eigenvalue weighted by Crippen LogP contribution is -2.27. The number of amides is 1. The van der Waals surface area contributed by atoms with Crippen molar-refractivity contribution >= 4 is 16.7 Å². The number of benzene rings is 2. The van der Waals surface area contributed by atoms with E-state index in [0.717, 1.165) is 0 Å². The molecule has 0 heterocycles. The summed E-state index contributed by atoms with van der Waals surface area (Å²) in [5.41, 5.74) is 0.482. The van der Waals surface area contributed by atoms with Crippen LogP contribution < -0.4 is 5.32 Å². The molecule has 0 saturated heterocycles. The summed E-state index contributed by atoms with van der Waals surface area (Å²) in [4.78, 5) is 12.2. The van der Waals surface area contributed by atoms with Crippen molar-refractivity contribution in [3.8, 4) is 0 Å². The molecule has 0 atom stereocenters. The maximum absolute atomic E-state index is 13.7. The second-order valence-corrected chi connectivity index (χ2v) is 5.37. The lowest BCUT2D eigenvalue weighted by molar-refractivity contribution is 0.0887. The Morgan fingerprint density at radius 3 is 2.62 bits per heavy atom. The topological polar surface area (TPSA) is 38.3 Å². The molecule has 21 heavy (non-hydrogen) atoms. The zero-order chi connectivity index (χ0) is 15.2. The number of fused-ring (bicyclic) bond motifs is 1. The van der Waals surface area contributed by atoms with Crippen LogP contribution in [0.1, 0.15) is 24.2 Å². The molecule has 0 saturated carbocycles. The van der Waals surface area contributed by atoms with Crippen LogP contribution in [0.15, 0.2) is 36.4 Å². The molecule has 2 aromatic rings. The fraction of sp³-hybridized carbons (Fsp3) is 0.353. The number of carbonyl (C=O) groups excluding carboxylic acids is 1. The van der Waals surface area contributed by atoms with E-state index in [1.165, 1.54) is 12.1 Å². The molecule has 0 aliphatic heterocycles. The van der Waals surface area contributed by atoms with Gasteiger partial charge >= 0.3 is 0 Å². The number of hydrogen-bond donors (Lipinski definition) is 1. The minimum atomic E-state index is -0.317. The molecule has 0 aromatic heterocycles. The summed E-state index contributed by atoms with van der Waals surface area (Å²) in [5, 5.41) is 3.88. The van der Waals surface area contributed by atoms with Crippen LogP contribution in [0.5, 0.6) is 0 Å². The van der Waals surface area contributed by atoms with Crippen LogP contribution >= 0.6 is 0 Å². The summed E-state index contributed by atoms with van der Waals surface area (Å²) in [6, 6.07) is 9.82. The van der Waals surface area contributed by atoms with Crippen LogP contribution in [-0.4, -0.2) is 25.7 Å². The predicted molar refractivity (Wildman–Crippen MR) is 81.9 cm³/mol. The molecule has 0 unspecified atom stereocenters. The Balaban J connectivity index is 2.02. The predicted octanol–water partition coefficient (Wildman–Crippen LogP) is 3.38. The second-order valence-electron chi connectivity index (χ2n) is 5.37. The Kier molecular flexibility index (Phi) is 5.28. The Labute approximate surface area is 124 Å². The normalized spacial score (nSPS) is 11.0. The molecule has 1 amide bonds. The summed E-state index contributed by atoms with van der Waals surface area (Å²) in [6.07, 6.45) is 0. The van der Waals surface area contributed by atoms with Gasteiger partial charge in [0, 0.05) is 24.1 Å². The number of halogens is 1. The average molecular weight is 289 g/mol. The van der Waals surface area contributed by atoms with Crippen molar-refractivity contribution < 1.29 is 13.9 Å². The van der Waals surface area contributed by atoms with Crippen LogP contribution in [-0.2, 0) is 4.74 Å². The van der Waals surface area contributed by atoms with Gasteiger partial charge in [0.25, 0.3) is 5.91 Å². The minimum Gasteiger partial charge on any atom is -0.379 e. The molecule has 0 aliphatic carbocycles. The van der Waals surface area contributed by atoms with Gasteiger partial charge in [-0.25, -0.2) is 4.39 Å². The Morgan fingerprint density at radius 1 is 1.19 bits per heavy atom. The molecule has 0 fully saturated rings. The van der Waals surface area contributed by atoms with E-state index in [4.69, 9.17) is 4.74 Å². The summed E-state index contributed by atoms with van der Waals surface area (Å²) in [7, 11) is 0. The molecule has 0 bridgehead atoms. The van der Waals surface area contributed by atoms with E-state index in [-0.39, 0.29) is 11.7 Å². The van der Waals surface area contributed by atoms with E-state index >= 15 is 0 Å². The fourth-order valence-corrected chi connectivity index (χ4v) is 2.11. The maximum atomic E-state index is 13.7. The smallest absolute Gasteiger partial charge is 0.251 e. The Bertz CT molecular complexity index is 625. The first-order valence-corrected chi connectivity index (χ1v) is 7.12. The molecule has 4 heteroatoms. The van der Waals surface area contributed by atoms with Gasteiger partial charge in [0.2, 0.25) is 0 Å². The number of carbonyl (C=O) groups is 1. The van der Waals surface area contributed by atoms with Gasteiger partial charge in [0.05, 0.1) is 6.61 Å². The highest BCUT2D eigenvalue weighted by Crippen LogP contribution is 2.21. The fourth-order valence-electron chi connectivity index (χ4n) is 2.11. The third kappa shape index (κ3) is 4.02. The van der Waals surface area contributed by atoms with E-state index in [1.54, 1.807) is 24.3 Å². The van der Waals surface area contributed by atoms with Gasteiger partial charge in [-0.1, -0.05) is 38.1 Å². The van der Waals surface area contributed by atoms with Crippen molar-refractivity contribution in [2.24, 2.45) is 5.92 Å². The number of nitrogens with one attached hydrogen (secondary N) is 1. The SMILES string of the molecule is CC(C)COCCNC(=O)c1ccc(F)c2ccccc12. The molecule has 0 spiro atoms. The van der Waals surface area contributed by atoms with Crippen LogP contribution in [0.2, 0.25) is 0 Å². The van der Waals surface area contributed by atoms with Crippen LogP contribution in [0.4, 0.5) is 4.39 Å². The van der Waals surface area contributed by atoms with Crippen molar-refractivity contribution in [1.29, 1.82) is 0 Å². The van der Waals surface area contributed by atoms with Crippen LogP contribution in [0.3, 0.4) is 0 Å². The average Bonchev–Trinajstić information content (AvgIpc) is 2.47. The van der Waals surface area contributed by atoms with Gasteiger partial charge in [-0.3, -0.25) is 4.79 Å². The maximum Gasteiger partial charge on any atom is 0.251 e. The standard InChI is InChI=1S/C17H20FNO2/c1-12(2)11-21-10-9-19-17(20)15-7-8-16(18)14-6-4-3-5-13(14)15/h3-8,12H,9-11H2,1-2H3,(H,19,20). The van der Waals surface area contributed by atoms with E-state index in [0.29, 0.717) is 42.0 Å². The molecule has 3 nitrogen and oxygen atoms in total. The zero-order valence-electron chi connectivity index (χ0n) is 12.4. The highest BCUT2D eigenvalue weighted by Gasteiger charge is 2.11. The molecule has 1 N–H and O–H groups in total. The molecule has 0 radical (unpaired) electrons. The molecule has 0 aliphatic rings. The van der Waals surface area contributed by atoms with Crippen LogP contribution in [0, 0.1) is 11.7 Å². The largest absolute Gasteiger partial charge is 0.379 e. The van der Waals surface area contributed by atoms with E-state index in [2.05, 4.69) is 19.2 Å². The number of hydrogen-bond acceptors (Lipinski definition) is 2. The first-order chi connectivity index (χ1) is 10.1. The van der Waals surface area contributed by atoms with E-state index in [9.17, 15) is 9.18 Å². The monoisotopic (exact) mass is 289 g/mol. The molecular formula is C17H20FNO2. The van der Waals surface area contributed by atoms with E-state index < -0.39 is 0 Å². The number of rotatable bonds is 6. The highest BCUT2D eigenvalue weighted by atomic mass is 19.1. The minimum absolute atomic E-state index is 0.209. The quantitative estimate of drug-likeness (QED) is 0.828. The van der Waals surface area contributed by atoms with Gasteiger partial charge in [0.15, 0.2) is 0 Å². The molecule has 2 rings (SSSR count). The van der Waals surface area contributed by atoms with Crippen LogP contribution in [0.25, 0.3) is 10.8 Å². The Morgan fingerprint density at radius 2 is 1.90 bits per heavy atom. The Hall–Kier alpha value is -1.94. The number of ether oxygens (including phenoxy) is 1. The van der Waals surface area contributed by atoms with Crippen molar-refractivity contribution in [3.63, 3.8) is 0 Å². The lowest BCUT2D eigenvalue weighted by Gasteiger charge is -2.10. The molecule has 2 aromatic carbocycles. The highest BCUT2D eigenvalue weighted by molar-refractivity contribution is 6.07. The third-order valence-electron chi connectivity index (χ3n) is 3.10. The summed E-state index contributed by atoms with van der Waals surface area (Å²) >= 11 is 0. The first kappa shape index (κ1) is 15.4. The van der Waals surface area contributed by atoms with Gasteiger partial charge in [-0.2, -0.15) is 0 Å². The van der Waals surface area contributed by atoms with Gasteiger partial charge in [-0.15, -0.1) is 0 Å². The van der Waals surface area contributed by atoms with Crippen molar-refractivity contribution in [2.75, 3.05) is 19.8 Å². The van der Waals surface area contributed by atoms with Crippen molar-refractivity contribution in [1.82, 2.24) is 5.32 Å². The molecule has 112 valence electrons. The van der Waals surface area contributed by atoms with Gasteiger partial charge in [0.1, 0.15) is 5.82 Å². The molecular weight excluding hydrogens is 269 g/mol. The van der Waals surface area contributed by atoms with Gasteiger partial charge < -0.3 is 10.1 Å². The second kappa shape index (κ2) is 7.18. The van der Waals surface area contributed by atoms with E-state index in [1.807, 2.05) is 0 Å². The zero-order valence-corrected chi connectivity index (χ0v) is 12.4. The third-order valence-corrected chi connectivity index (χ3v) is 3.10. The first-order valence-electron chi connectivity index (χ1n) is 7.12. The lowest BCUT2D eigenvalue weighted by atomic mass is 10.0. The summed E-state index contributed by atoms with van der Waals surface area (Å²) < 4.78 is 19.1. The van der Waals surface area contributed by atoms with Crippen molar-refractivity contribution in [2.45, 2.75) is 13.8 Å². The summed E-state index contributed by atoms with van der Waals surface area (Å²) in [6.45, 7) is 5.74. The summed E-state index contributed by atoms with van der Waals surface area (Å²) in [5.74, 6) is -0.0523. The van der Waals surface area contributed by atoms with Gasteiger partial charge in [-0.05, 0) is 23.4 Å². The van der Waals surface area contributed by atoms with Crippen molar-refractivity contribution in [3.05, 3.63) is 47.8 Å².